The standard InChI is InChI=1S/C12H13BrN2O3S/c1-8-2-3-9(6-11(8)13)14-12(16)15-10-4-5-19(17,18)7-10/h2-6,10H,7H2,1H3,(H2,14,15,16). The molecule has 1 aliphatic rings. The number of amides is 2. The first-order valence-corrected chi connectivity index (χ1v) is 8.11. The van der Waals surface area contributed by atoms with Gasteiger partial charge in [0.15, 0.2) is 9.84 Å². The van der Waals surface area contributed by atoms with Crippen LogP contribution in [0.4, 0.5) is 10.5 Å². The third-order valence-corrected chi connectivity index (χ3v) is 4.93. The van der Waals surface area contributed by atoms with Crippen LogP contribution >= 0.6 is 15.9 Å². The molecule has 7 heteroatoms. The maximum absolute atomic E-state index is 11.7. The van der Waals surface area contributed by atoms with Crippen molar-refractivity contribution in [3.05, 3.63) is 39.7 Å². The molecule has 0 saturated heterocycles. The molecular weight excluding hydrogens is 332 g/mol. The van der Waals surface area contributed by atoms with Gasteiger partial charge in [0, 0.05) is 15.6 Å². The molecule has 0 aromatic heterocycles. The summed E-state index contributed by atoms with van der Waals surface area (Å²) < 4.78 is 23.3. The molecule has 0 spiro atoms. The molecule has 1 aromatic carbocycles. The van der Waals surface area contributed by atoms with Gasteiger partial charge >= 0.3 is 6.03 Å². The maximum Gasteiger partial charge on any atom is 0.319 e. The highest BCUT2D eigenvalue weighted by Crippen LogP contribution is 2.20. The Balaban J connectivity index is 1.95. The van der Waals surface area contributed by atoms with E-state index in [-0.39, 0.29) is 5.75 Å². The normalized spacial score (nSPS) is 20.2. The Kier molecular flexibility index (Phi) is 3.96. The summed E-state index contributed by atoms with van der Waals surface area (Å²) in [4.78, 5) is 11.7. The number of urea groups is 1. The fourth-order valence-corrected chi connectivity index (χ4v) is 3.29. The number of hydrogen-bond acceptors (Lipinski definition) is 3. The summed E-state index contributed by atoms with van der Waals surface area (Å²) in [6.07, 6.45) is 1.47. The van der Waals surface area contributed by atoms with Crippen molar-refractivity contribution < 1.29 is 13.2 Å². The number of hydrogen-bond donors (Lipinski definition) is 2. The van der Waals surface area contributed by atoms with Crippen molar-refractivity contribution in [3.63, 3.8) is 0 Å². The average molecular weight is 345 g/mol. The van der Waals surface area contributed by atoms with Crippen molar-refractivity contribution in [1.82, 2.24) is 5.32 Å². The molecule has 5 nitrogen and oxygen atoms in total. The lowest BCUT2D eigenvalue weighted by molar-refractivity contribution is 0.251. The molecule has 2 rings (SSSR count). The molecule has 1 unspecified atom stereocenters. The van der Waals surface area contributed by atoms with E-state index in [1.165, 1.54) is 6.08 Å². The van der Waals surface area contributed by atoms with Gasteiger partial charge in [-0.3, -0.25) is 0 Å². The maximum atomic E-state index is 11.7. The number of sulfone groups is 1. The topological polar surface area (TPSA) is 75.3 Å². The van der Waals surface area contributed by atoms with Crippen molar-refractivity contribution in [1.29, 1.82) is 0 Å². The van der Waals surface area contributed by atoms with Crippen molar-refractivity contribution in [2.75, 3.05) is 11.1 Å². The van der Waals surface area contributed by atoms with Gasteiger partial charge in [0.25, 0.3) is 0 Å². The molecule has 0 radical (unpaired) electrons. The molecule has 1 aliphatic heterocycles. The second-order valence-corrected chi connectivity index (χ2v) is 7.11. The summed E-state index contributed by atoms with van der Waals surface area (Å²) in [5, 5.41) is 6.37. The van der Waals surface area contributed by atoms with E-state index < -0.39 is 21.9 Å². The first kappa shape index (κ1) is 14.1. The van der Waals surface area contributed by atoms with Crippen molar-refractivity contribution >= 4 is 37.5 Å². The molecule has 2 N–H and O–H groups in total. The van der Waals surface area contributed by atoms with E-state index in [1.807, 2.05) is 13.0 Å². The zero-order chi connectivity index (χ0) is 14.0. The molecule has 19 heavy (non-hydrogen) atoms. The summed E-state index contributed by atoms with van der Waals surface area (Å²) >= 11 is 3.38. The predicted octanol–water partition coefficient (Wildman–Crippen LogP) is 2.19. The number of carbonyl (C=O) groups excluding carboxylic acids is 1. The predicted molar refractivity (Wildman–Crippen MR) is 77.7 cm³/mol. The third kappa shape index (κ3) is 3.81. The Labute approximate surface area is 120 Å². The van der Waals surface area contributed by atoms with E-state index in [9.17, 15) is 13.2 Å². The minimum absolute atomic E-state index is 0.0853. The number of anilines is 1. The van der Waals surface area contributed by atoms with Crippen LogP contribution < -0.4 is 10.6 Å². The smallest absolute Gasteiger partial charge is 0.319 e. The number of carbonyl (C=O) groups is 1. The summed E-state index contributed by atoms with van der Waals surface area (Å²) in [7, 11) is -3.16. The van der Waals surface area contributed by atoms with Crippen molar-refractivity contribution in [2.45, 2.75) is 13.0 Å². The number of aryl methyl sites for hydroxylation is 1. The number of halogens is 1. The van der Waals surface area contributed by atoms with E-state index in [1.54, 1.807) is 12.1 Å². The molecule has 1 atom stereocenters. The van der Waals surface area contributed by atoms with E-state index >= 15 is 0 Å². The van der Waals surface area contributed by atoms with Crippen molar-refractivity contribution in [2.24, 2.45) is 0 Å². The monoisotopic (exact) mass is 344 g/mol. The molecule has 1 aromatic rings. The Hall–Kier alpha value is -1.34. The summed E-state index contributed by atoms with van der Waals surface area (Å²) in [5.74, 6) is -0.0853. The number of nitrogens with one attached hydrogen (secondary N) is 2. The SMILES string of the molecule is Cc1ccc(NC(=O)NC2C=CS(=O)(=O)C2)cc1Br. The quantitative estimate of drug-likeness (QED) is 0.863. The van der Waals surface area contributed by atoms with Crippen LogP contribution in [0.1, 0.15) is 5.56 Å². The molecule has 0 bridgehead atoms. The van der Waals surface area contributed by atoms with Gasteiger partial charge in [-0.05, 0) is 30.7 Å². The van der Waals surface area contributed by atoms with Gasteiger partial charge in [-0.15, -0.1) is 0 Å². The van der Waals surface area contributed by atoms with Gasteiger partial charge < -0.3 is 10.6 Å². The molecule has 0 fully saturated rings. The molecule has 102 valence electrons. The minimum Gasteiger partial charge on any atom is -0.331 e. The van der Waals surface area contributed by atoms with E-state index in [2.05, 4.69) is 26.6 Å². The van der Waals surface area contributed by atoms with Crippen LogP contribution in [-0.2, 0) is 9.84 Å². The Morgan fingerprint density at radius 3 is 2.74 bits per heavy atom. The zero-order valence-corrected chi connectivity index (χ0v) is 12.6. The highest BCUT2D eigenvalue weighted by atomic mass is 79.9. The number of benzene rings is 1. The second kappa shape index (κ2) is 5.34. The highest BCUT2D eigenvalue weighted by molar-refractivity contribution is 9.10. The van der Waals surface area contributed by atoms with Gasteiger partial charge in [0.1, 0.15) is 0 Å². The minimum atomic E-state index is -3.16. The molecule has 0 aliphatic carbocycles. The second-order valence-electron chi connectivity index (χ2n) is 4.33. The lowest BCUT2D eigenvalue weighted by Crippen LogP contribution is -2.38. The van der Waals surface area contributed by atoms with E-state index in [4.69, 9.17) is 0 Å². The summed E-state index contributed by atoms with van der Waals surface area (Å²) in [6, 6.07) is 4.54. The molecule has 1 heterocycles. The van der Waals surface area contributed by atoms with Gasteiger partial charge in [-0.25, -0.2) is 13.2 Å². The van der Waals surface area contributed by atoms with Gasteiger partial charge in [-0.1, -0.05) is 22.0 Å². The molecular formula is C12H13BrN2O3S. The van der Waals surface area contributed by atoms with Crippen LogP contribution in [0.2, 0.25) is 0 Å². The third-order valence-electron chi connectivity index (χ3n) is 2.68. The Morgan fingerprint density at radius 2 is 2.16 bits per heavy atom. The summed E-state index contributed by atoms with van der Waals surface area (Å²) in [6.45, 7) is 1.95. The molecule has 0 saturated carbocycles. The van der Waals surface area contributed by atoms with Crippen LogP contribution in [-0.4, -0.2) is 26.2 Å². The number of rotatable bonds is 2. The first-order valence-electron chi connectivity index (χ1n) is 5.60. The van der Waals surface area contributed by atoms with Crippen LogP contribution in [0.25, 0.3) is 0 Å². The van der Waals surface area contributed by atoms with Crippen molar-refractivity contribution in [3.8, 4) is 0 Å². The largest absolute Gasteiger partial charge is 0.331 e. The van der Waals surface area contributed by atoms with Crippen LogP contribution in [0, 0.1) is 6.92 Å². The van der Waals surface area contributed by atoms with Crippen LogP contribution in [0.3, 0.4) is 0 Å². The van der Waals surface area contributed by atoms with Crippen LogP contribution in [0.5, 0.6) is 0 Å². The highest BCUT2D eigenvalue weighted by Gasteiger charge is 2.22. The van der Waals surface area contributed by atoms with Gasteiger partial charge in [0.05, 0.1) is 11.8 Å². The lowest BCUT2D eigenvalue weighted by Gasteiger charge is -2.12. The first-order chi connectivity index (χ1) is 8.85. The van der Waals surface area contributed by atoms with Gasteiger partial charge in [-0.2, -0.15) is 0 Å². The fraction of sp³-hybridized carbons (Fsp3) is 0.250. The molecule has 2 amide bonds. The zero-order valence-electron chi connectivity index (χ0n) is 10.2. The van der Waals surface area contributed by atoms with Crippen LogP contribution in [0.15, 0.2) is 34.2 Å². The lowest BCUT2D eigenvalue weighted by atomic mass is 10.2. The Bertz CT molecular complexity index is 640. The Morgan fingerprint density at radius 1 is 1.42 bits per heavy atom. The average Bonchev–Trinajstić information content (AvgIpc) is 2.63. The van der Waals surface area contributed by atoms with E-state index in [0.717, 1.165) is 15.4 Å². The van der Waals surface area contributed by atoms with E-state index in [0.29, 0.717) is 5.69 Å². The van der Waals surface area contributed by atoms with Gasteiger partial charge in [0.2, 0.25) is 0 Å². The summed E-state index contributed by atoms with van der Waals surface area (Å²) in [5.41, 5.74) is 1.70. The fourth-order valence-electron chi connectivity index (χ4n) is 1.67.